The van der Waals surface area contributed by atoms with Gasteiger partial charge in [0.05, 0.1) is 18.8 Å². The molecule has 4 unspecified atom stereocenters. The Labute approximate surface area is 155 Å². The first kappa shape index (κ1) is 25.0. The molecule has 1 amide bonds. The molecule has 0 aliphatic carbocycles. The number of nitrogens with one attached hydrogen (secondary N) is 1. The summed E-state index contributed by atoms with van der Waals surface area (Å²) in [7, 11) is 0. The average molecular weight is 382 g/mol. The van der Waals surface area contributed by atoms with Crippen molar-refractivity contribution in [3.8, 4) is 0 Å². The molecule has 2 saturated heterocycles. The lowest BCUT2D eigenvalue weighted by atomic mass is 10.1. The fourth-order valence-corrected chi connectivity index (χ4v) is 2.64. The van der Waals surface area contributed by atoms with Gasteiger partial charge in [-0.2, -0.15) is 0 Å². The fraction of sp³-hybridized carbons (Fsp3) is 0.944. The van der Waals surface area contributed by atoms with Gasteiger partial charge in [0.25, 0.3) is 0 Å². The number of aliphatic hydroxyl groups is 2. The number of aliphatic hydroxyl groups excluding tert-OH is 2. The van der Waals surface area contributed by atoms with Crippen molar-refractivity contribution in [3.05, 3.63) is 0 Å². The molecule has 0 bridgehead atoms. The lowest BCUT2D eigenvalue weighted by Crippen LogP contribution is -2.39. The van der Waals surface area contributed by atoms with Crippen molar-refractivity contribution in [1.29, 1.82) is 0 Å². The second-order valence-corrected chi connectivity index (χ2v) is 7.68. The summed E-state index contributed by atoms with van der Waals surface area (Å²) in [4.78, 5) is 13.0. The lowest BCUT2D eigenvalue weighted by Gasteiger charge is -2.26. The molecule has 26 heavy (non-hydrogen) atoms. The standard InChI is InChI=1S/C11H20FNO3.C6H12FNO.CH4/c1-11(2,3)16-10(15)13-5-4-9(14)6-8(12)7-13;7-5-3-6(9)1-2-8-4-5;/h8-9,14H,4-7H2,1-3H3;5-6,8-9H,1-4H2;1H4. The van der Waals surface area contributed by atoms with Crippen molar-refractivity contribution in [2.45, 2.75) is 84.0 Å². The molecule has 8 heteroatoms. The molecule has 3 N–H and O–H groups in total. The number of carbonyl (C=O) groups is 1. The number of rotatable bonds is 0. The van der Waals surface area contributed by atoms with Gasteiger partial charge in [-0.3, -0.25) is 0 Å². The molecule has 0 aromatic rings. The highest BCUT2D eigenvalue weighted by Crippen LogP contribution is 2.17. The molecular weight excluding hydrogens is 346 g/mol. The van der Waals surface area contributed by atoms with Crippen molar-refractivity contribution in [3.63, 3.8) is 0 Å². The van der Waals surface area contributed by atoms with Gasteiger partial charge in [-0.1, -0.05) is 7.43 Å². The number of alkyl halides is 2. The van der Waals surface area contributed by atoms with E-state index in [2.05, 4.69) is 5.32 Å². The van der Waals surface area contributed by atoms with Gasteiger partial charge in [-0.05, 0) is 40.2 Å². The monoisotopic (exact) mass is 382 g/mol. The zero-order valence-corrected chi connectivity index (χ0v) is 15.4. The van der Waals surface area contributed by atoms with Crippen LogP contribution in [0.1, 0.15) is 53.9 Å². The molecule has 0 aromatic carbocycles. The minimum atomic E-state index is -1.18. The Balaban J connectivity index is 0.000000532. The molecule has 2 rings (SSSR count). The molecule has 6 nitrogen and oxygen atoms in total. The van der Waals surface area contributed by atoms with Crippen LogP contribution in [0.2, 0.25) is 0 Å². The molecule has 2 heterocycles. The van der Waals surface area contributed by atoms with Crippen molar-refractivity contribution in [2.75, 3.05) is 26.2 Å². The van der Waals surface area contributed by atoms with Gasteiger partial charge in [0.15, 0.2) is 0 Å². The van der Waals surface area contributed by atoms with E-state index in [0.717, 1.165) is 6.54 Å². The molecule has 156 valence electrons. The van der Waals surface area contributed by atoms with Crippen LogP contribution in [0, 0.1) is 0 Å². The summed E-state index contributed by atoms with van der Waals surface area (Å²) in [5, 5.41) is 21.2. The summed E-state index contributed by atoms with van der Waals surface area (Å²) in [6, 6.07) is 0. The van der Waals surface area contributed by atoms with E-state index in [-0.39, 0.29) is 20.4 Å². The normalized spacial score (nSPS) is 30.0. The molecular formula is C18H36F2N2O4. The molecule has 0 spiro atoms. The van der Waals surface area contributed by atoms with E-state index in [1.165, 1.54) is 4.90 Å². The number of nitrogens with zero attached hydrogens (tertiary/aromatic N) is 1. The highest BCUT2D eigenvalue weighted by molar-refractivity contribution is 5.68. The van der Waals surface area contributed by atoms with Crippen molar-refractivity contribution in [1.82, 2.24) is 10.2 Å². The largest absolute Gasteiger partial charge is 0.444 e. The van der Waals surface area contributed by atoms with Gasteiger partial charge in [0.1, 0.15) is 17.9 Å². The van der Waals surface area contributed by atoms with Crippen molar-refractivity contribution < 1.29 is 28.5 Å². The van der Waals surface area contributed by atoms with E-state index in [4.69, 9.17) is 9.84 Å². The van der Waals surface area contributed by atoms with Crippen LogP contribution in [0.5, 0.6) is 0 Å². The highest BCUT2D eigenvalue weighted by atomic mass is 19.1. The van der Waals surface area contributed by atoms with E-state index in [9.17, 15) is 18.7 Å². The Morgan fingerprint density at radius 3 is 2.31 bits per heavy atom. The maximum Gasteiger partial charge on any atom is 0.410 e. The highest BCUT2D eigenvalue weighted by Gasteiger charge is 2.28. The Morgan fingerprint density at radius 2 is 1.69 bits per heavy atom. The Bertz CT molecular complexity index is 397. The summed E-state index contributed by atoms with van der Waals surface area (Å²) < 4.78 is 31.0. The maximum atomic E-state index is 13.3. The summed E-state index contributed by atoms with van der Waals surface area (Å²) >= 11 is 0. The zero-order chi connectivity index (χ0) is 19.0. The van der Waals surface area contributed by atoms with E-state index in [0.29, 0.717) is 32.4 Å². The number of likely N-dealkylation sites (tertiary alicyclic amines) is 1. The van der Waals surface area contributed by atoms with Crippen molar-refractivity contribution in [2.24, 2.45) is 0 Å². The summed E-state index contributed by atoms with van der Waals surface area (Å²) in [5.74, 6) is 0. The number of hydrogen-bond acceptors (Lipinski definition) is 5. The SMILES string of the molecule is C.CC(C)(C)OC(=O)N1CCC(O)CC(F)C1.OC1CCNCC(F)C1. The third-order valence-corrected chi connectivity index (χ3v) is 3.88. The van der Waals surface area contributed by atoms with Crippen LogP contribution in [-0.4, -0.2) is 77.5 Å². The zero-order valence-electron chi connectivity index (χ0n) is 15.4. The third kappa shape index (κ3) is 10.9. The first-order chi connectivity index (χ1) is 11.6. The molecule has 2 aliphatic rings. The number of ether oxygens (including phenoxy) is 1. The predicted octanol–water partition coefficient (Wildman–Crippen LogP) is 2.42. The average Bonchev–Trinajstić information content (AvgIpc) is 2.74. The van der Waals surface area contributed by atoms with E-state index >= 15 is 0 Å². The van der Waals surface area contributed by atoms with Crippen molar-refractivity contribution >= 4 is 6.09 Å². The molecule has 2 fully saturated rings. The van der Waals surface area contributed by atoms with Crippen LogP contribution >= 0.6 is 0 Å². The minimum Gasteiger partial charge on any atom is -0.444 e. The summed E-state index contributed by atoms with van der Waals surface area (Å²) in [6.45, 7) is 6.79. The topological polar surface area (TPSA) is 82.0 Å². The van der Waals surface area contributed by atoms with Crippen LogP contribution < -0.4 is 5.32 Å². The van der Waals surface area contributed by atoms with Gasteiger partial charge in [-0.25, -0.2) is 13.6 Å². The lowest BCUT2D eigenvalue weighted by molar-refractivity contribution is 0.0220. The van der Waals surface area contributed by atoms with Gasteiger partial charge < -0.3 is 25.2 Å². The number of halogens is 2. The molecule has 0 aromatic heterocycles. The van der Waals surface area contributed by atoms with E-state index in [1.54, 1.807) is 20.8 Å². The second kappa shape index (κ2) is 11.7. The minimum absolute atomic E-state index is 0. The predicted molar refractivity (Wildman–Crippen MR) is 97.7 cm³/mol. The maximum absolute atomic E-state index is 13.3. The van der Waals surface area contributed by atoms with Crippen LogP contribution in [0.15, 0.2) is 0 Å². The second-order valence-electron chi connectivity index (χ2n) is 7.68. The first-order valence-electron chi connectivity index (χ1n) is 8.89. The van der Waals surface area contributed by atoms with Crippen LogP contribution in [0.25, 0.3) is 0 Å². The van der Waals surface area contributed by atoms with Gasteiger partial charge in [-0.15, -0.1) is 0 Å². The van der Waals surface area contributed by atoms with Crippen LogP contribution in [0.4, 0.5) is 13.6 Å². The van der Waals surface area contributed by atoms with E-state index < -0.39 is 36.2 Å². The van der Waals surface area contributed by atoms with Gasteiger partial charge >= 0.3 is 6.09 Å². The molecule has 2 aliphatic heterocycles. The van der Waals surface area contributed by atoms with Crippen LogP contribution in [0.3, 0.4) is 0 Å². The number of amides is 1. The molecule has 4 atom stereocenters. The quantitative estimate of drug-likeness (QED) is 0.599. The van der Waals surface area contributed by atoms with Gasteiger partial charge in [0, 0.05) is 25.9 Å². The summed E-state index contributed by atoms with van der Waals surface area (Å²) in [6.07, 6.45) is -2.17. The molecule has 0 saturated carbocycles. The number of carbonyl (C=O) groups excluding carboxylic acids is 1. The first-order valence-corrected chi connectivity index (χ1v) is 8.89. The van der Waals surface area contributed by atoms with Crippen LogP contribution in [-0.2, 0) is 4.74 Å². The smallest absolute Gasteiger partial charge is 0.410 e. The molecule has 0 radical (unpaired) electrons. The fourth-order valence-electron chi connectivity index (χ4n) is 2.64. The van der Waals surface area contributed by atoms with E-state index in [1.807, 2.05) is 0 Å². The Kier molecular flexibility index (Phi) is 11.2. The number of hydrogen-bond donors (Lipinski definition) is 3. The van der Waals surface area contributed by atoms with Gasteiger partial charge in [0.2, 0.25) is 0 Å². The Morgan fingerprint density at radius 1 is 1.12 bits per heavy atom. The third-order valence-electron chi connectivity index (χ3n) is 3.88. The summed E-state index contributed by atoms with van der Waals surface area (Å²) in [5.41, 5.74) is -0.576. The Hall–Kier alpha value is -0.990.